The molecule has 6 nitrogen and oxygen atoms in total. The van der Waals surface area contributed by atoms with Gasteiger partial charge in [-0.2, -0.15) is 5.10 Å². The van der Waals surface area contributed by atoms with Gasteiger partial charge in [0.05, 0.1) is 18.9 Å². The molecule has 1 aromatic heterocycles. The van der Waals surface area contributed by atoms with E-state index in [1.807, 2.05) is 67.6 Å². The number of amides is 1. The second-order valence-electron chi connectivity index (χ2n) is 6.82. The number of carbonyl (C=O) groups excluding carboxylic acids is 1. The molecule has 0 atom stereocenters. The van der Waals surface area contributed by atoms with E-state index in [-0.39, 0.29) is 5.91 Å². The standard InChI is InChI=1S/C23H26N4O2/c1-17-9-10-19(21-11-12-25-27-21)15-22(17)26-23(28)8-3-2-4-13-29-16-18-6-5-7-20(24)14-18/h2,4-7,9-12,14-15H,3,8,13,16,24H2,1H3,(H,25,27)(H,26,28)/b4-2+. The normalized spacial score (nSPS) is 11.1. The average Bonchev–Trinajstić information content (AvgIpc) is 3.24. The molecule has 0 aliphatic heterocycles. The van der Waals surface area contributed by atoms with E-state index in [2.05, 4.69) is 15.5 Å². The zero-order valence-electron chi connectivity index (χ0n) is 16.5. The van der Waals surface area contributed by atoms with Gasteiger partial charge in [-0.25, -0.2) is 0 Å². The fourth-order valence-corrected chi connectivity index (χ4v) is 2.88. The number of allylic oxidation sites excluding steroid dienone is 1. The molecule has 0 bridgehead atoms. The highest BCUT2D eigenvalue weighted by atomic mass is 16.5. The van der Waals surface area contributed by atoms with Gasteiger partial charge in [-0.3, -0.25) is 9.89 Å². The molecule has 0 spiro atoms. The van der Waals surface area contributed by atoms with Crippen LogP contribution in [0, 0.1) is 6.92 Å². The lowest BCUT2D eigenvalue weighted by Gasteiger charge is -2.10. The molecule has 0 saturated carbocycles. The molecule has 0 radical (unpaired) electrons. The predicted octanol–water partition coefficient (Wildman–Crippen LogP) is 4.46. The molecular formula is C23H26N4O2. The van der Waals surface area contributed by atoms with Gasteiger partial charge in [0.2, 0.25) is 5.91 Å². The number of nitrogens with one attached hydrogen (secondary N) is 2. The summed E-state index contributed by atoms with van der Waals surface area (Å²) in [5.41, 5.74) is 11.3. The van der Waals surface area contributed by atoms with Crippen LogP contribution in [0.3, 0.4) is 0 Å². The van der Waals surface area contributed by atoms with Gasteiger partial charge >= 0.3 is 0 Å². The first-order valence-electron chi connectivity index (χ1n) is 9.59. The second kappa shape index (κ2) is 10.2. The van der Waals surface area contributed by atoms with E-state index >= 15 is 0 Å². The highest BCUT2D eigenvalue weighted by Gasteiger charge is 2.07. The monoisotopic (exact) mass is 390 g/mol. The van der Waals surface area contributed by atoms with Crippen LogP contribution in [0.25, 0.3) is 11.3 Å². The Bertz CT molecular complexity index is 965. The number of carbonyl (C=O) groups is 1. The van der Waals surface area contributed by atoms with Gasteiger partial charge in [0, 0.05) is 29.6 Å². The Morgan fingerprint density at radius 2 is 2.10 bits per heavy atom. The zero-order chi connectivity index (χ0) is 20.5. The second-order valence-corrected chi connectivity index (χ2v) is 6.82. The molecule has 1 heterocycles. The molecule has 2 aromatic carbocycles. The SMILES string of the molecule is Cc1ccc(-c2ccn[nH]2)cc1NC(=O)CC/C=C/COCc1cccc(N)c1. The van der Waals surface area contributed by atoms with Gasteiger partial charge in [-0.05, 0) is 48.7 Å². The maximum Gasteiger partial charge on any atom is 0.224 e. The van der Waals surface area contributed by atoms with Crippen molar-refractivity contribution in [2.75, 3.05) is 17.7 Å². The number of ether oxygens (including phenoxy) is 1. The number of aromatic nitrogens is 2. The average molecular weight is 390 g/mol. The summed E-state index contributed by atoms with van der Waals surface area (Å²) < 4.78 is 5.59. The van der Waals surface area contributed by atoms with Gasteiger partial charge in [0.25, 0.3) is 0 Å². The number of nitrogens with two attached hydrogens (primary N) is 1. The summed E-state index contributed by atoms with van der Waals surface area (Å²) in [7, 11) is 0. The summed E-state index contributed by atoms with van der Waals surface area (Å²) in [4.78, 5) is 12.3. The maximum atomic E-state index is 12.3. The van der Waals surface area contributed by atoms with Crippen molar-refractivity contribution in [1.29, 1.82) is 0 Å². The number of aryl methyl sites for hydroxylation is 1. The molecule has 0 aliphatic rings. The van der Waals surface area contributed by atoms with Crippen LogP contribution < -0.4 is 11.1 Å². The first kappa shape index (κ1) is 20.4. The third-order valence-corrected chi connectivity index (χ3v) is 4.46. The number of nitrogen functional groups attached to an aromatic ring is 1. The van der Waals surface area contributed by atoms with E-state index in [0.717, 1.165) is 33.8 Å². The molecule has 1 amide bonds. The summed E-state index contributed by atoms with van der Waals surface area (Å²) >= 11 is 0. The first-order valence-corrected chi connectivity index (χ1v) is 9.59. The largest absolute Gasteiger partial charge is 0.399 e. The van der Waals surface area contributed by atoms with Crippen LogP contribution in [-0.4, -0.2) is 22.7 Å². The molecular weight excluding hydrogens is 364 g/mol. The van der Waals surface area contributed by atoms with Crippen molar-refractivity contribution in [2.45, 2.75) is 26.4 Å². The van der Waals surface area contributed by atoms with Crippen LogP contribution in [0.15, 0.2) is 66.9 Å². The fraction of sp³-hybridized carbons (Fsp3) is 0.217. The van der Waals surface area contributed by atoms with Gasteiger partial charge in [0.1, 0.15) is 0 Å². The lowest BCUT2D eigenvalue weighted by Crippen LogP contribution is -2.11. The number of anilines is 2. The maximum absolute atomic E-state index is 12.3. The molecule has 29 heavy (non-hydrogen) atoms. The Balaban J connectivity index is 1.40. The lowest BCUT2D eigenvalue weighted by atomic mass is 10.1. The van der Waals surface area contributed by atoms with Gasteiger partial charge < -0.3 is 15.8 Å². The molecule has 6 heteroatoms. The quantitative estimate of drug-likeness (QED) is 0.286. The Morgan fingerprint density at radius 1 is 1.21 bits per heavy atom. The molecule has 0 saturated heterocycles. The molecule has 4 N–H and O–H groups in total. The number of aromatic amines is 1. The Hall–Kier alpha value is -3.38. The summed E-state index contributed by atoms with van der Waals surface area (Å²) in [6.07, 6.45) is 6.68. The van der Waals surface area contributed by atoms with E-state index in [9.17, 15) is 4.79 Å². The number of hydrogen-bond acceptors (Lipinski definition) is 4. The molecule has 3 aromatic rings. The third kappa shape index (κ3) is 6.33. The van der Waals surface area contributed by atoms with E-state index in [4.69, 9.17) is 10.5 Å². The van der Waals surface area contributed by atoms with Crippen LogP contribution in [0.2, 0.25) is 0 Å². The highest BCUT2D eigenvalue weighted by molar-refractivity contribution is 5.92. The van der Waals surface area contributed by atoms with Crippen LogP contribution >= 0.6 is 0 Å². The van der Waals surface area contributed by atoms with Gasteiger partial charge in [0.15, 0.2) is 0 Å². The predicted molar refractivity (Wildman–Crippen MR) is 116 cm³/mol. The lowest BCUT2D eigenvalue weighted by molar-refractivity contribution is -0.116. The minimum Gasteiger partial charge on any atom is -0.399 e. The zero-order valence-corrected chi connectivity index (χ0v) is 16.5. The van der Waals surface area contributed by atoms with E-state index in [0.29, 0.717) is 26.1 Å². The van der Waals surface area contributed by atoms with Crippen molar-refractivity contribution < 1.29 is 9.53 Å². The van der Waals surface area contributed by atoms with Gasteiger partial charge in [-0.1, -0.05) is 36.4 Å². The van der Waals surface area contributed by atoms with Crippen LogP contribution in [0.5, 0.6) is 0 Å². The summed E-state index contributed by atoms with van der Waals surface area (Å²) in [6.45, 7) is 2.99. The summed E-state index contributed by atoms with van der Waals surface area (Å²) in [5, 5.41) is 9.89. The molecule has 0 unspecified atom stereocenters. The first-order chi connectivity index (χ1) is 14.1. The molecule has 0 fully saturated rings. The van der Waals surface area contributed by atoms with Crippen molar-refractivity contribution in [3.05, 3.63) is 78.0 Å². The topological polar surface area (TPSA) is 93.0 Å². The van der Waals surface area contributed by atoms with Crippen molar-refractivity contribution in [2.24, 2.45) is 0 Å². The Labute approximate surface area is 170 Å². The highest BCUT2D eigenvalue weighted by Crippen LogP contribution is 2.24. The van der Waals surface area contributed by atoms with Crippen molar-refractivity contribution >= 4 is 17.3 Å². The number of H-pyrrole nitrogens is 1. The van der Waals surface area contributed by atoms with Crippen LogP contribution in [0.4, 0.5) is 11.4 Å². The van der Waals surface area contributed by atoms with Gasteiger partial charge in [-0.15, -0.1) is 0 Å². The van der Waals surface area contributed by atoms with E-state index < -0.39 is 0 Å². The number of hydrogen-bond donors (Lipinski definition) is 3. The minimum absolute atomic E-state index is 0.0137. The van der Waals surface area contributed by atoms with Crippen LogP contribution in [-0.2, 0) is 16.1 Å². The number of nitrogens with zero attached hydrogens (tertiary/aromatic N) is 1. The fourth-order valence-electron chi connectivity index (χ4n) is 2.88. The smallest absolute Gasteiger partial charge is 0.224 e. The van der Waals surface area contributed by atoms with E-state index in [1.54, 1.807) is 6.20 Å². The third-order valence-electron chi connectivity index (χ3n) is 4.46. The molecule has 0 aliphatic carbocycles. The van der Waals surface area contributed by atoms with Crippen molar-refractivity contribution in [3.8, 4) is 11.3 Å². The van der Waals surface area contributed by atoms with Crippen molar-refractivity contribution in [3.63, 3.8) is 0 Å². The molecule has 3 rings (SSSR count). The Kier molecular flexibility index (Phi) is 7.19. The van der Waals surface area contributed by atoms with Crippen molar-refractivity contribution in [1.82, 2.24) is 10.2 Å². The summed E-state index contributed by atoms with van der Waals surface area (Å²) in [6, 6.07) is 15.5. The van der Waals surface area contributed by atoms with E-state index in [1.165, 1.54) is 0 Å². The number of rotatable bonds is 9. The number of benzene rings is 2. The summed E-state index contributed by atoms with van der Waals surface area (Å²) in [5.74, 6) is -0.0137. The Morgan fingerprint density at radius 3 is 2.90 bits per heavy atom. The minimum atomic E-state index is -0.0137. The van der Waals surface area contributed by atoms with Crippen LogP contribution in [0.1, 0.15) is 24.0 Å². The molecule has 150 valence electrons.